The third kappa shape index (κ3) is 2.58. The summed E-state index contributed by atoms with van der Waals surface area (Å²) < 4.78 is 38.4. The van der Waals surface area contributed by atoms with Crippen LogP contribution in [0.1, 0.15) is 16.1 Å². The van der Waals surface area contributed by atoms with Gasteiger partial charge in [0.1, 0.15) is 5.69 Å². The zero-order chi connectivity index (χ0) is 14.0. The van der Waals surface area contributed by atoms with E-state index in [0.29, 0.717) is 5.01 Å². The highest BCUT2D eigenvalue weighted by molar-refractivity contribution is 6.04. The van der Waals surface area contributed by atoms with Gasteiger partial charge in [-0.1, -0.05) is 12.1 Å². The number of nitrogens with zero attached hydrogens (tertiary/aromatic N) is 2. The number of benzene rings is 1. The number of H-pyrrole nitrogens is 1. The van der Waals surface area contributed by atoms with E-state index in [0.717, 1.165) is 12.1 Å². The number of amides is 1. The van der Waals surface area contributed by atoms with Gasteiger partial charge in [0, 0.05) is 0 Å². The molecule has 0 saturated carbocycles. The van der Waals surface area contributed by atoms with Gasteiger partial charge in [0.25, 0.3) is 5.91 Å². The van der Waals surface area contributed by atoms with Crippen molar-refractivity contribution in [3.8, 4) is 0 Å². The largest absolute Gasteiger partial charge is 0.418 e. The first-order valence-electron chi connectivity index (χ1n) is 5.15. The lowest BCUT2D eigenvalue weighted by atomic mass is 10.1. The molecule has 1 aromatic heterocycles. The number of anilines is 1. The second-order valence-corrected chi connectivity index (χ2v) is 3.66. The SMILES string of the molecule is NN(C(=O)c1cnc[nH]1)c1ccccc1C(F)(F)F. The Morgan fingerprint density at radius 3 is 2.58 bits per heavy atom. The highest BCUT2D eigenvalue weighted by atomic mass is 19.4. The molecule has 1 aromatic carbocycles. The monoisotopic (exact) mass is 270 g/mol. The van der Waals surface area contributed by atoms with Gasteiger partial charge in [-0.3, -0.25) is 4.79 Å². The minimum absolute atomic E-state index is 0.000484. The number of aromatic amines is 1. The number of halogens is 3. The number of imidazole rings is 1. The maximum atomic E-state index is 12.8. The number of nitrogens with two attached hydrogens (primary N) is 1. The van der Waals surface area contributed by atoms with Crippen LogP contribution in [0.4, 0.5) is 18.9 Å². The van der Waals surface area contributed by atoms with Gasteiger partial charge in [0.15, 0.2) is 0 Å². The van der Waals surface area contributed by atoms with Crippen LogP contribution in [0, 0.1) is 0 Å². The van der Waals surface area contributed by atoms with Crippen LogP contribution in [0.2, 0.25) is 0 Å². The molecule has 0 radical (unpaired) electrons. The summed E-state index contributed by atoms with van der Waals surface area (Å²) in [5, 5.41) is 0.441. The van der Waals surface area contributed by atoms with E-state index in [1.54, 1.807) is 0 Å². The van der Waals surface area contributed by atoms with Crippen LogP contribution >= 0.6 is 0 Å². The zero-order valence-electron chi connectivity index (χ0n) is 9.48. The lowest BCUT2D eigenvalue weighted by Gasteiger charge is -2.20. The van der Waals surface area contributed by atoms with Gasteiger partial charge in [-0.15, -0.1) is 0 Å². The van der Waals surface area contributed by atoms with Gasteiger partial charge in [-0.2, -0.15) is 13.2 Å². The van der Waals surface area contributed by atoms with Crippen LogP contribution in [-0.4, -0.2) is 15.9 Å². The molecule has 0 unspecified atom stereocenters. The molecule has 100 valence electrons. The topological polar surface area (TPSA) is 75.0 Å². The minimum Gasteiger partial charge on any atom is -0.341 e. The standard InChI is InChI=1S/C11H9F3N4O/c12-11(13,14)7-3-1-2-4-9(7)18(15)10(19)8-5-16-6-17-8/h1-6H,15H2,(H,16,17). The van der Waals surface area contributed by atoms with Crippen molar-refractivity contribution in [2.24, 2.45) is 5.84 Å². The van der Waals surface area contributed by atoms with Gasteiger partial charge in [0.05, 0.1) is 23.8 Å². The van der Waals surface area contributed by atoms with Gasteiger partial charge in [0.2, 0.25) is 0 Å². The van der Waals surface area contributed by atoms with E-state index >= 15 is 0 Å². The fourth-order valence-electron chi connectivity index (χ4n) is 1.54. The Morgan fingerprint density at radius 2 is 2.00 bits per heavy atom. The van der Waals surface area contributed by atoms with E-state index in [1.807, 2.05) is 0 Å². The van der Waals surface area contributed by atoms with Crippen molar-refractivity contribution in [2.75, 3.05) is 5.01 Å². The first-order valence-corrected chi connectivity index (χ1v) is 5.15. The molecule has 1 heterocycles. The normalized spacial score (nSPS) is 11.4. The third-order valence-electron chi connectivity index (χ3n) is 2.42. The quantitative estimate of drug-likeness (QED) is 0.497. The van der Waals surface area contributed by atoms with Crippen LogP contribution in [0.15, 0.2) is 36.8 Å². The van der Waals surface area contributed by atoms with Crippen molar-refractivity contribution in [2.45, 2.75) is 6.18 Å². The third-order valence-corrected chi connectivity index (χ3v) is 2.42. The van der Waals surface area contributed by atoms with Gasteiger partial charge < -0.3 is 4.98 Å². The van der Waals surface area contributed by atoms with Crippen molar-refractivity contribution in [3.63, 3.8) is 0 Å². The van der Waals surface area contributed by atoms with E-state index in [1.165, 1.54) is 24.7 Å². The van der Waals surface area contributed by atoms with Crippen LogP contribution in [-0.2, 0) is 6.18 Å². The molecule has 0 aliphatic rings. The minimum atomic E-state index is -4.59. The molecular weight excluding hydrogens is 261 g/mol. The average molecular weight is 270 g/mol. The summed E-state index contributed by atoms with van der Waals surface area (Å²) in [6.45, 7) is 0. The molecule has 19 heavy (non-hydrogen) atoms. The fourth-order valence-corrected chi connectivity index (χ4v) is 1.54. The van der Waals surface area contributed by atoms with Crippen LogP contribution in [0.3, 0.4) is 0 Å². The number of hydrazine groups is 1. The van der Waals surface area contributed by atoms with Crippen molar-refractivity contribution in [1.29, 1.82) is 0 Å². The van der Waals surface area contributed by atoms with Crippen molar-refractivity contribution in [3.05, 3.63) is 48.0 Å². The Kier molecular flexibility index (Phi) is 3.26. The summed E-state index contributed by atoms with van der Waals surface area (Å²) in [5.41, 5.74) is -1.40. The predicted molar refractivity (Wildman–Crippen MR) is 61.0 cm³/mol. The number of carbonyl (C=O) groups is 1. The van der Waals surface area contributed by atoms with E-state index in [2.05, 4.69) is 9.97 Å². The number of alkyl halides is 3. The highest BCUT2D eigenvalue weighted by Crippen LogP contribution is 2.35. The summed E-state index contributed by atoms with van der Waals surface area (Å²) in [6, 6.07) is 4.57. The van der Waals surface area contributed by atoms with Crippen LogP contribution in [0.25, 0.3) is 0 Å². The number of aromatic nitrogens is 2. The van der Waals surface area contributed by atoms with E-state index in [4.69, 9.17) is 5.84 Å². The first kappa shape index (κ1) is 13.1. The Morgan fingerprint density at radius 1 is 1.32 bits per heavy atom. The van der Waals surface area contributed by atoms with E-state index in [-0.39, 0.29) is 5.69 Å². The number of rotatable bonds is 2. The molecule has 0 saturated heterocycles. The maximum Gasteiger partial charge on any atom is 0.418 e. The number of carbonyl (C=O) groups excluding carboxylic acids is 1. The molecule has 2 rings (SSSR count). The Bertz CT molecular complexity index is 580. The number of para-hydroxylation sites is 1. The lowest BCUT2D eigenvalue weighted by Crippen LogP contribution is -2.39. The molecule has 0 aliphatic heterocycles. The molecule has 8 heteroatoms. The average Bonchev–Trinajstić information content (AvgIpc) is 2.90. The fraction of sp³-hybridized carbons (Fsp3) is 0.0909. The van der Waals surface area contributed by atoms with E-state index < -0.39 is 23.3 Å². The summed E-state index contributed by atoms with van der Waals surface area (Å²) >= 11 is 0. The first-order chi connectivity index (χ1) is 8.91. The molecule has 2 aromatic rings. The summed E-state index contributed by atoms with van der Waals surface area (Å²) in [7, 11) is 0. The number of nitrogens with one attached hydrogen (secondary N) is 1. The Hall–Kier alpha value is -2.35. The Labute approximate surface area is 105 Å². The lowest BCUT2D eigenvalue weighted by molar-refractivity contribution is -0.137. The van der Waals surface area contributed by atoms with Gasteiger partial charge in [-0.05, 0) is 12.1 Å². The summed E-state index contributed by atoms with van der Waals surface area (Å²) in [4.78, 5) is 17.9. The second kappa shape index (κ2) is 4.73. The molecule has 5 nitrogen and oxygen atoms in total. The van der Waals surface area contributed by atoms with Crippen molar-refractivity contribution >= 4 is 11.6 Å². The molecule has 0 bridgehead atoms. The van der Waals surface area contributed by atoms with Crippen LogP contribution < -0.4 is 10.9 Å². The number of hydrogen-bond acceptors (Lipinski definition) is 3. The molecule has 1 amide bonds. The molecule has 0 atom stereocenters. The smallest absolute Gasteiger partial charge is 0.341 e. The second-order valence-electron chi connectivity index (χ2n) is 3.66. The molecule has 0 aliphatic carbocycles. The maximum absolute atomic E-state index is 12.8. The molecule has 0 fully saturated rings. The van der Waals surface area contributed by atoms with Crippen molar-refractivity contribution in [1.82, 2.24) is 9.97 Å². The number of hydrogen-bond donors (Lipinski definition) is 2. The van der Waals surface area contributed by atoms with Crippen molar-refractivity contribution < 1.29 is 18.0 Å². The highest BCUT2D eigenvalue weighted by Gasteiger charge is 2.35. The predicted octanol–water partition coefficient (Wildman–Crippen LogP) is 1.95. The van der Waals surface area contributed by atoms with E-state index in [9.17, 15) is 18.0 Å². The Balaban J connectivity index is 2.40. The van der Waals surface area contributed by atoms with Gasteiger partial charge >= 0.3 is 6.18 Å². The van der Waals surface area contributed by atoms with Gasteiger partial charge in [-0.25, -0.2) is 15.8 Å². The zero-order valence-corrected chi connectivity index (χ0v) is 9.48. The molecule has 3 N–H and O–H groups in total. The molecular formula is C11H9F3N4O. The molecule has 0 spiro atoms. The van der Waals surface area contributed by atoms with Crippen LogP contribution in [0.5, 0.6) is 0 Å². The summed E-state index contributed by atoms with van der Waals surface area (Å²) in [5.74, 6) is 4.65. The summed E-state index contributed by atoms with van der Waals surface area (Å²) in [6.07, 6.45) is -2.18.